The monoisotopic (exact) mass is 876 g/mol. The minimum absolute atomic E-state index is 0.486. The SMILES string of the molecule is c1ccc(C2(c3ccccc3)c3ccccc3-c3ccc(-n4c5ccccc5c5cc(-c6ccc(N(c7cccc8ccccc78)c7cccc8ccccc78)c7ccccc67)ccc54)cc32)cc1. The molecule has 1 aliphatic rings. The first kappa shape index (κ1) is 39.2. The molecule has 0 saturated heterocycles. The lowest BCUT2D eigenvalue weighted by atomic mass is 9.67. The maximum Gasteiger partial charge on any atom is 0.0714 e. The van der Waals surface area contributed by atoms with Crippen molar-refractivity contribution >= 4 is 71.2 Å². The van der Waals surface area contributed by atoms with Crippen LogP contribution in [0.4, 0.5) is 17.1 Å². The fourth-order valence-corrected chi connectivity index (χ4v) is 11.9. The van der Waals surface area contributed by atoms with Crippen molar-refractivity contribution in [2.75, 3.05) is 4.90 Å². The normalized spacial score (nSPS) is 12.8. The Balaban J connectivity index is 0.961. The van der Waals surface area contributed by atoms with E-state index in [4.69, 9.17) is 0 Å². The van der Waals surface area contributed by atoms with Gasteiger partial charge in [-0.25, -0.2) is 0 Å². The van der Waals surface area contributed by atoms with E-state index in [1.807, 2.05) is 0 Å². The molecule has 13 aromatic rings. The molecule has 0 bridgehead atoms. The molecule has 2 heteroatoms. The smallest absolute Gasteiger partial charge is 0.0714 e. The standard InChI is InChI=1S/C67H44N2/c1-3-23-48(24-4-1)67(49-25-5-2-6-26-49)60-33-15-13-30-55(60)56-39-38-50(44-61(56)67)68-64-34-16-14-32-58(64)59-43-47(37-41-66(59)68)51-40-42-65(57-31-12-11-29-54(51)57)69(62-35-17-21-45-19-7-9-27-52(45)62)63-36-18-22-46-20-8-10-28-53(46)63/h1-44H. The van der Waals surface area contributed by atoms with E-state index in [1.54, 1.807) is 0 Å². The summed E-state index contributed by atoms with van der Waals surface area (Å²) in [7, 11) is 0. The zero-order chi connectivity index (χ0) is 45.5. The van der Waals surface area contributed by atoms with Gasteiger partial charge in [0.15, 0.2) is 0 Å². The number of fused-ring (bicyclic) bond motifs is 9. The topological polar surface area (TPSA) is 8.17 Å². The highest BCUT2D eigenvalue weighted by Crippen LogP contribution is 2.57. The van der Waals surface area contributed by atoms with Gasteiger partial charge in [0.1, 0.15) is 0 Å². The maximum atomic E-state index is 2.48. The average molecular weight is 877 g/mol. The van der Waals surface area contributed by atoms with Crippen LogP contribution >= 0.6 is 0 Å². The van der Waals surface area contributed by atoms with Crippen LogP contribution in [0.3, 0.4) is 0 Å². The summed E-state index contributed by atoms with van der Waals surface area (Å²) in [6, 6.07) is 98.7. The van der Waals surface area contributed by atoms with Gasteiger partial charge in [-0.2, -0.15) is 0 Å². The summed E-state index contributed by atoms with van der Waals surface area (Å²) in [5.74, 6) is 0. The molecule has 322 valence electrons. The minimum Gasteiger partial charge on any atom is -0.309 e. The second kappa shape index (κ2) is 15.6. The molecule has 1 aliphatic carbocycles. The van der Waals surface area contributed by atoms with Gasteiger partial charge in [-0.15, -0.1) is 0 Å². The minimum atomic E-state index is -0.486. The Morgan fingerprint density at radius 2 is 0.797 bits per heavy atom. The highest BCUT2D eigenvalue weighted by molar-refractivity contribution is 6.14. The van der Waals surface area contributed by atoms with E-state index in [2.05, 4.69) is 276 Å². The highest BCUT2D eigenvalue weighted by atomic mass is 15.1. The summed E-state index contributed by atoms with van der Waals surface area (Å²) in [6.07, 6.45) is 0. The molecule has 0 aliphatic heterocycles. The first-order valence-electron chi connectivity index (χ1n) is 23.9. The van der Waals surface area contributed by atoms with Gasteiger partial charge in [-0.3, -0.25) is 0 Å². The van der Waals surface area contributed by atoms with E-state index in [0.29, 0.717) is 0 Å². The van der Waals surface area contributed by atoms with Crippen LogP contribution in [-0.4, -0.2) is 4.57 Å². The third-order valence-electron chi connectivity index (χ3n) is 14.8. The Morgan fingerprint density at radius 1 is 0.290 bits per heavy atom. The van der Waals surface area contributed by atoms with Gasteiger partial charge in [0.25, 0.3) is 0 Å². The van der Waals surface area contributed by atoms with Gasteiger partial charge < -0.3 is 9.47 Å². The number of para-hydroxylation sites is 1. The van der Waals surface area contributed by atoms with Crippen LogP contribution < -0.4 is 4.90 Å². The zero-order valence-electron chi connectivity index (χ0n) is 37.8. The van der Waals surface area contributed by atoms with Crippen molar-refractivity contribution in [3.8, 4) is 27.9 Å². The van der Waals surface area contributed by atoms with Crippen molar-refractivity contribution < 1.29 is 0 Å². The van der Waals surface area contributed by atoms with E-state index >= 15 is 0 Å². The third-order valence-corrected chi connectivity index (χ3v) is 14.8. The number of aromatic nitrogens is 1. The molecule has 0 amide bonds. The van der Waals surface area contributed by atoms with E-state index in [-0.39, 0.29) is 0 Å². The number of benzene rings is 12. The van der Waals surface area contributed by atoms with Gasteiger partial charge in [0.2, 0.25) is 0 Å². The summed E-state index contributed by atoms with van der Waals surface area (Å²) in [4.78, 5) is 2.48. The van der Waals surface area contributed by atoms with Crippen LogP contribution in [0.1, 0.15) is 22.3 Å². The largest absolute Gasteiger partial charge is 0.309 e. The molecule has 14 rings (SSSR count). The van der Waals surface area contributed by atoms with E-state index in [1.165, 1.54) is 98.6 Å². The third kappa shape index (κ3) is 5.86. The number of rotatable bonds is 7. The second-order valence-electron chi connectivity index (χ2n) is 18.4. The van der Waals surface area contributed by atoms with Gasteiger partial charge in [0.05, 0.1) is 33.5 Å². The molecular formula is C67H44N2. The van der Waals surface area contributed by atoms with Crippen molar-refractivity contribution in [2.24, 2.45) is 0 Å². The number of nitrogens with zero attached hydrogens (tertiary/aromatic N) is 2. The number of anilines is 3. The molecule has 0 fully saturated rings. The lowest BCUT2D eigenvalue weighted by Gasteiger charge is -2.34. The van der Waals surface area contributed by atoms with E-state index < -0.39 is 5.41 Å². The van der Waals surface area contributed by atoms with Crippen LogP contribution in [0.25, 0.3) is 82.1 Å². The van der Waals surface area contributed by atoms with Gasteiger partial charge in [-0.1, -0.05) is 218 Å². The first-order valence-corrected chi connectivity index (χ1v) is 23.9. The number of hydrogen-bond donors (Lipinski definition) is 0. The molecule has 0 unspecified atom stereocenters. The van der Waals surface area contributed by atoms with Crippen LogP contribution in [-0.2, 0) is 5.41 Å². The summed E-state index contributed by atoms with van der Waals surface area (Å²) in [6.45, 7) is 0. The molecule has 1 aromatic heterocycles. The molecule has 0 radical (unpaired) electrons. The van der Waals surface area contributed by atoms with Crippen molar-refractivity contribution in [2.45, 2.75) is 5.41 Å². The van der Waals surface area contributed by atoms with Crippen molar-refractivity contribution in [1.82, 2.24) is 4.57 Å². The Morgan fingerprint density at radius 3 is 1.49 bits per heavy atom. The Hall–Kier alpha value is -8.98. The fourth-order valence-electron chi connectivity index (χ4n) is 11.9. The summed E-state index contributed by atoms with van der Waals surface area (Å²) >= 11 is 0. The second-order valence-corrected chi connectivity index (χ2v) is 18.4. The lowest BCUT2D eigenvalue weighted by Crippen LogP contribution is -2.28. The van der Waals surface area contributed by atoms with Gasteiger partial charge in [-0.05, 0) is 109 Å². The van der Waals surface area contributed by atoms with Gasteiger partial charge >= 0.3 is 0 Å². The Labute approximate surface area is 401 Å². The summed E-state index contributed by atoms with van der Waals surface area (Å²) in [5.41, 5.74) is 16.6. The predicted molar refractivity (Wildman–Crippen MR) is 291 cm³/mol. The molecule has 12 aromatic carbocycles. The van der Waals surface area contributed by atoms with Gasteiger partial charge in [0, 0.05) is 32.6 Å². The molecule has 0 spiro atoms. The fraction of sp³-hybridized carbons (Fsp3) is 0.0149. The summed E-state index contributed by atoms with van der Waals surface area (Å²) < 4.78 is 2.48. The Kier molecular flexibility index (Phi) is 8.84. The molecule has 69 heavy (non-hydrogen) atoms. The van der Waals surface area contributed by atoms with E-state index in [9.17, 15) is 0 Å². The van der Waals surface area contributed by atoms with Crippen LogP contribution in [0.15, 0.2) is 267 Å². The van der Waals surface area contributed by atoms with Crippen molar-refractivity contribution in [3.63, 3.8) is 0 Å². The molecular weight excluding hydrogens is 833 g/mol. The zero-order valence-corrected chi connectivity index (χ0v) is 37.8. The van der Waals surface area contributed by atoms with Crippen molar-refractivity contribution in [3.05, 3.63) is 289 Å². The molecule has 0 atom stereocenters. The summed E-state index contributed by atoms with van der Waals surface area (Å²) in [5, 5.41) is 9.71. The molecule has 2 nitrogen and oxygen atoms in total. The highest BCUT2D eigenvalue weighted by Gasteiger charge is 2.46. The lowest BCUT2D eigenvalue weighted by molar-refractivity contribution is 0.767. The molecule has 0 saturated carbocycles. The van der Waals surface area contributed by atoms with Crippen molar-refractivity contribution in [1.29, 1.82) is 0 Å². The average Bonchev–Trinajstić information content (AvgIpc) is 3.91. The van der Waals surface area contributed by atoms with E-state index in [0.717, 1.165) is 22.7 Å². The molecule has 1 heterocycles. The number of hydrogen-bond acceptors (Lipinski definition) is 1. The maximum absolute atomic E-state index is 2.48. The molecule has 0 N–H and O–H groups in total. The quantitative estimate of drug-likeness (QED) is 0.155. The predicted octanol–water partition coefficient (Wildman–Crippen LogP) is 17.7. The Bertz CT molecular complexity index is 4020. The van der Waals surface area contributed by atoms with Crippen LogP contribution in [0, 0.1) is 0 Å². The van der Waals surface area contributed by atoms with Crippen LogP contribution in [0.5, 0.6) is 0 Å². The van der Waals surface area contributed by atoms with Crippen LogP contribution in [0.2, 0.25) is 0 Å². The first-order chi connectivity index (χ1) is 34.3.